The van der Waals surface area contributed by atoms with Crippen molar-refractivity contribution in [3.8, 4) is 0 Å². The fourth-order valence-electron chi connectivity index (χ4n) is 3.74. The monoisotopic (exact) mass is 415 g/mol. The maximum Gasteiger partial charge on any atom is 0.189 e. The Kier molecular flexibility index (Phi) is 5.50. The normalized spacial score (nSPS) is 13.8. The predicted molar refractivity (Wildman–Crippen MR) is 121 cm³/mol. The SMILES string of the molecule is C=C(C)CSc1nc(SC)nc2c1sc1nc(CC(C)C)c3c(c12)CCC3. The first-order valence-corrected chi connectivity index (χ1v) is 12.5. The lowest BCUT2D eigenvalue weighted by molar-refractivity contribution is 0.632. The van der Waals surface area contributed by atoms with Crippen LogP contribution in [0.4, 0.5) is 0 Å². The molecule has 3 aromatic rings. The summed E-state index contributed by atoms with van der Waals surface area (Å²) in [7, 11) is 0. The van der Waals surface area contributed by atoms with Gasteiger partial charge < -0.3 is 0 Å². The van der Waals surface area contributed by atoms with Gasteiger partial charge in [0.05, 0.1) is 10.2 Å². The minimum atomic E-state index is 0.624. The maximum absolute atomic E-state index is 5.13. The number of pyridine rings is 1. The molecule has 0 unspecified atom stereocenters. The van der Waals surface area contributed by atoms with Crippen LogP contribution in [-0.4, -0.2) is 27.0 Å². The summed E-state index contributed by atoms with van der Waals surface area (Å²) in [5.41, 5.74) is 6.59. The van der Waals surface area contributed by atoms with Gasteiger partial charge in [0.2, 0.25) is 0 Å². The minimum absolute atomic E-state index is 0.624. The molecule has 6 heteroatoms. The first kappa shape index (κ1) is 19.2. The average molecular weight is 416 g/mol. The molecule has 4 rings (SSSR count). The third-order valence-electron chi connectivity index (χ3n) is 4.81. The van der Waals surface area contributed by atoms with Gasteiger partial charge in [-0.1, -0.05) is 37.8 Å². The van der Waals surface area contributed by atoms with Crippen LogP contribution in [0.15, 0.2) is 22.3 Å². The van der Waals surface area contributed by atoms with Crippen molar-refractivity contribution in [2.24, 2.45) is 5.92 Å². The first-order valence-electron chi connectivity index (χ1n) is 9.44. The summed E-state index contributed by atoms with van der Waals surface area (Å²) in [4.78, 5) is 16.0. The van der Waals surface area contributed by atoms with E-state index >= 15 is 0 Å². The lowest BCUT2D eigenvalue weighted by Gasteiger charge is -2.11. The third-order valence-corrected chi connectivity index (χ3v) is 7.77. The molecule has 0 N–H and O–H groups in total. The molecule has 0 saturated heterocycles. The molecular formula is C21H25N3S3. The molecule has 27 heavy (non-hydrogen) atoms. The van der Waals surface area contributed by atoms with Gasteiger partial charge in [-0.15, -0.1) is 23.1 Å². The Labute approximate surface area is 173 Å². The van der Waals surface area contributed by atoms with E-state index in [1.165, 1.54) is 33.3 Å². The largest absolute Gasteiger partial charge is 0.242 e. The fraction of sp³-hybridized carbons (Fsp3) is 0.476. The number of fused-ring (bicyclic) bond motifs is 5. The lowest BCUT2D eigenvalue weighted by atomic mass is 9.99. The van der Waals surface area contributed by atoms with Crippen LogP contribution in [0, 0.1) is 5.92 Å². The van der Waals surface area contributed by atoms with Crippen LogP contribution in [0.5, 0.6) is 0 Å². The zero-order valence-electron chi connectivity index (χ0n) is 16.4. The Bertz CT molecular complexity index is 1040. The van der Waals surface area contributed by atoms with E-state index in [1.54, 1.807) is 34.9 Å². The molecule has 0 radical (unpaired) electrons. The van der Waals surface area contributed by atoms with E-state index in [4.69, 9.17) is 15.0 Å². The van der Waals surface area contributed by atoms with E-state index in [0.717, 1.165) is 51.1 Å². The van der Waals surface area contributed by atoms with Crippen molar-refractivity contribution >= 4 is 55.3 Å². The number of aromatic nitrogens is 3. The van der Waals surface area contributed by atoms with Gasteiger partial charge >= 0.3 is 0 Å². The van der Waals surface area contributed by atoms with Crippen molar-refractivity contribution in [2.75, 3.05) is 12.0 Å². The highest BCUT2D eigenvalue weighted by molar-refractivity contribution is 8.00. The van der Waals surface area contributed by atoms with Crippen molar-refractivity contribution < 1.29 is 0 Å². The molecule has 3 aromatic heterocycles. The van der Waals surface area contributed by atoms with Gasteiger partial charge in [0.15, 0.2) is 5.16 Å². The topological polar surface area (TPSA) is 38.7 Å². The van der Waals surface area contributed by atoms with E-state index < -0.39 is 0 Å². The van der Waals surface area contributed by atoms with Gasteiger partial charge in [0, 0.05) is 16.8 Å². The van der Waals surface area contributed by atoms with Crippen molar-refractivity contribution in [1.29, 1.82) is 0 Å². The Morgan fingerprint density at radius 1 is 1.19 bits per heavy atom. The highest BCUT2D eigenvalue weighted by Gasteiger charge is 2.25. The second-order valence-electron chi connectivity index (χ2n) is 7.69. The predicted octanol–water partition coefficient (Wildman–Crippen LogP) is 6.32. The third kappa shape index (κ3) is 3.64. The zero-order chi connectivity index (χ0) is 19.1. The number of thiophene rings is 1. The van der Waals surface area contributed by atoms with Crippen molar-refractivity contribution in [3.63, 3.8) is 0 Å². The summed E-state index contributed by atoms with van der Waals surface area (Å²) in [6, 6.07) is 0. The molecule has 142 valence electrons. The number of rotatable bonds is 6. The molecule has 1 aliphatic rings. The molecule has 0 amide bonds. The van der Waals surface area contributed by atoms with Gasteiger partial charge in [-0.05, 0) is 55.9 Å². The summed E-state index contributed by atoms with van der Waals surface area (Å²) in [6.45, 7) is 10.7. The molecule has 0 aromatic carbocycles. The summed E-state index contributed by atoms with van der Waals surface area (Å²) < 4.78 is 1.19. The molecule has 0 atom stereocenters. The van der Waals surface area contributed by atoms with Crippen molar-refractivity contribution in [3.05, 3.63) is 29.0 Å². The summed E-state index contributed by atoms with van der Waals surface area (Å²) in [5, 5.41) is 3.22. The smallest absolute Gasteiger partial charge is 0.189 e. The van der Waals surface area contributed by atoms with Crippen LogP contribution in [0.3, 0.4) is 0 Å². The van der Waals surface area contributed by atoms with Gasteiger partial charge in [-0.25, -0.2) is 15.0 Å². The molecule has 0 aliphatic heterocycles. The Morgan fingerprint density at radius 2 is 1.96 bits per heavy atom. The molecule has 3 nitrogen and oxygen atoms in total. The molecule has 0 saturated carbocycles. The number of hydrogen-bond acceptors (Lipinski definition) is 6. The molecular weight excluding hydrogens is 390 g/mol. The molecule has 0 fully saturated rings. The van der Waals surface area contributed by atoms with Gasteiger partial charge in [-0.2, -0.15) is 0 Å². The standard InChI is InChI=1S/C21H25N3S3/c1-11(2)9-15-13-7-6-8-14(13)16-17-18(27-19(16)22-15)20(26-10-12(3)4)24-21(23-17)25-5/h11H,3,6-10H2,1-2,4-5H3. The van der Waals surface area contributed by atoms with Gasteiger partial charge in [-0.3, -0.25) is 0 Å². The number of aryl methyl sites for hydroxylation is 1. The molecule has 0 spiro atoms. The van der Waals surface area contributed by atoms with Crippen molar-refractivity contribution in [2.45, 2.75) is 56.6 Å². The molecule has 0 bridgehead atoms. The van der Waals surface area contributed by atoms with Crippen LogP contribution in [0.1, 0.15) is 44.0 Å². The van der Waals surface area contributed by atoms with Crippen LogP contribution in [-0.2, 0) is 19.3 Å². The van der Waals surface area contributed by atoms with E-state index in [2.05, 4.69) is 27.4 Å². The van der Waals surface area contributed by atoms with Crippen LogP contribution in [0.2, 0.25) is 0 Å². The summed E-state index contributed by atoms with van der Waals surface area (Å²) >= 11 is 5.16. The fourth-order valence-corrected chi connectivity index (χ4v) is 6.27. The number of hydrogen-bond donors (Lipinski definition) is 0. The van der Waals surface area contributed by atoms with E-state index in [9.17, 15) is 0 Å². The second-order valence-corrected chi connectivity index (χ2v) is 10.4. The van der Waals surface area contributed by atoms with Gasteiger partial charge in [0.25, 0.3) is 0 Å². The minimum Gasteiger partial charge on any atom is -0.242 e. The van der Waals surface area contributed by atoms with E-state index in [0.29, 0.717) is 5.92 Å². The Balaban J connectivity index is 1.98. The summed E-state index contributed by atoms with van der Waals surface area (Å²) in [6.07, 6.45) is 6.65. The molecule has 1 aliphatic carbocycles. The molecule has 3 heterocycles. The van der Waals surface area contributed by atoms with Crippen LogP contribution in [0.25, 0.3) is 20.4 Å². The highest BCUT2D eigenvalue weighted by atomic mass is 32.2. The van der Waals surface area contributed by atoms with Crippen LogP contribution < -0.4 is 0 Å². The number of nitrogens with zero attached hydrogens (tertiary/aromatic N) is 3. The van der Waals surface area contributed by atoms with Crippen LogP contribution >= 0.6 is 34.9 Å². The maximum atomic E-state index is 5.13. The average Bonchev–Trinajstić information content (AvgIpc) is 3.22. The Hall–Kier alpha value is -1.11. The van der Waals surface area contributed by atoms with Crippen molar-refractivity contribution in [1.82, 2.24) is 15.0 Å². The quantitative estimate of drug-likeness (QED) is 0.204. The Morgan fingerprint density at radius 3 is 2.67 bits per heavy atom. The van der Waals surface area contributed by atoms with E-state index in [1.807, 2.05) is 6.26 Å². The summed E-state index contributed by atoms with van der Waals surface area (Å²) in [5.74, 6) is 1.51. The van der Waals surface area contributed by atoms with Gasteiger partial charge in [0.1, 0.15) is 9.86 Å². The van der Waals surface area contributed by atoms with E-state index in [-0.39, 0.29) is 0 Å². The second kappa shape index (κ2) is 7.72. The highest BCUT2D eigenvalue weighted by Crippen LogP contribution is 2.43. The first-order chi connectivity index (χ1) is 13.0. The number of thioether (sulfide) groups is 2. The lowest BCUT2D eigenvalue weighted by Crippen LogP contribution is -2.03. The zero-order valence-corrected chi connectivity index (χ0v) is 18.8.